The maximum absolute atomic E-state index is 4.51. The zero-order valence-electron chi connectivity index (χ0n) is 14.3. The van der Waals surface area contributed by atoms with Gasteiger partial charge in [-0.15, -0.1) is 0 Å². The average Bonchev–Trinajstić information content (AvgIpc) is 3.31. The Kier molecular flexibility index (Phi) is 3.48. The molecule has 2 aliphatic heterocycles. The minimum absolute atomic E-state index is 0.271. The molecule has 0 unspecified atom stereocenters. The summed E-state index contributed by atoms with van der Waals surface area (Å²) < 4.78 is 0. The van der Waals surface area contributed by atoms with Crippen molar-refractivity contribution in [3.8, 4) is 11.4 Å². The lowest BCUT2D eigenvalue weighted by Crippen LogP contribution is -2.59. The summed E-state index contributed by atoms with van der Waals surface area (Å²) in [5.41, 5.74) is 3.41. The topological polar surface area (TPSA) is 85.5 Å². The van der Waals surface area contributed by atoms with Gasteiger partial charge in [0.15, 0.2) is 5.82 Å². The Morgan fingerprint density at radius 3 is 2.92 bits per heavy atom. The third kappa shape index (κ3) is 2.50. The number of nitrogens with zero attached hydrogens (tertiary/aromatic N) is 4. The van der Waals surface area contributed by atoms with Crippen LogP contribution in [0.4, 0.5) is 5.69 Å². The molecule has 3 aromatic rings. The van der Waals surface area contributed by atoms with Crippen LogP contribution in [0.25, 0.3) is 22.4 Å². The summed E-state index contributed by atoms with van der Waals surface area (Å²) in [6, 6.07) is 2.13. The second-order valence-corrected chi connectivity index (χ2v) is 7.27. The predicted octanol–water partition coefficient (Wildman–Crippen LogP) is 2.46. The van der Waals surface area contributed by atoms with E-state index in [1.54, 1.807) is 6.33 Å². The van der Waals surface area contributed by atoms with Gasteiger partial charge in [0, 0.05) is 31.0 Å². The van der Waals surface area contributed by atoms with Crippen LogP contribution in [0.2, 0.25) is 0 Å². The maximum atomic E-state index is 4.51. The second kappa shape index (κ2) is 5.84. The van der Waals surface area contributed by atoms with Crippen LogP contribution in [-0.4, -0.2) is 50.3 Å². The SMILES string of the molecule is c1cc(N2CCC[C@]3(CCCCN3)C2)c2c(-c3nc[nH]n3)c[nH]c2n1. The molecule has 5 rings (SSSR count). The molecule has 5 heterocycles. The van der Waals surface area contributed by atoms with E-state index in [1.807, 2.05) is 12.4 Å². The van der Waals surface area contributed by atoms with Crippen LogP contribution in [0.1, 0.15) is 32.1 Å². The fraction of sp³-hybridized carbons (Fsp3) is 0.500. The van der Waals surface area contributed by atoms with E-state index in [0.29, 0.717) is 5.82 Å². The summed E-state index contributed by atoms with van der Waals surface area (Å²) in [5.74, 6) is 0.711. The molecule has 0 radical (unpaired) electrons. The fourth-order valence-electron chi connectivity index (χ4n) is 4.53. The first-order chi connectivity index (χ1) is 12.3. The maximum Gasteiger partial charge on any atom is 0.183 e. The highest BCUT2D eigenvalue weighted by atomic mass is 15.2. The van der Waals surface area contributed by atoms with Crippen molar-refractivity contribution in [2.75, 3.05) is 24.5 Å². The Morgan fingerprint density at radius 1 is 1.12 bits per heavy atom. The average molecular weight is 337 g/mol. The zero-order chi connectivity index (χ0) is 16.7. The third-order valence-electron chi connectivity index (χ3n) is 5.71. The molecule has 2 saturated heterocycles. The Hall–Kier alpha value is -2.41. The fourth-order valence-corrected chi connectivity index (χ4v) is 4.53. The standard InChI is InChI=1S/C18H23N7/c1-2-7-22-18(5-1)6-3-9-25(11-18)14-4-8-19-17-15(14)13(10-20-17)16-21-12-23-24-16/h4,8,10,12,22H,1-3,5-7,9,11H2,(H,19,20)(H,21,23,24)/t18-/m1/s1. The molecule has 2 fully saturated rings. The molecule has 7 heteroatoms. The number of piperidine rings is 2. The smallest absolute Gasteiger partial charge is 0.183 e. The quantitative estimate of drug-likeness (QED) is 0.669. The number of hydrogen-bond donors (Lipinski definition) is 3. The summed E-state index contributed by atoms with van der Waals surface area (Å²) >= 11 is 0. The summed E-state index contributed by atoms with van der Waals surface area (Å²) in [5, 5.41) is 12.0. The molecular formula is C18H23N7. The minimum Gasteiger partial charge on any atom is -0.369 e. The molecule has 3 aromatic heterocycles. The van der Waals surface area contributed by atoms with E-state index >= 15 is 0 Å². The number of rotatable bonds is 2. The normalized spacial score (nSPS) is 24.2. The molecule has 0 aliphatic carbocycles. The zero-order valence-corrected chi connectivity index (χ0v) is 14.3. The molecule has 0 bridgehead atoms. The van der Waals surface area contributed by atoms with Crippen molar-refractivity contribution >= 4 is 16.7 Å². The molecule has 2 aliphatic rings. The number of aromatic amines is 2. The number of anilines is 1. The lowest BCUT2D eigenvalue weighted by Gasteiger charge is -2.47. The molecule has 1 atom stereocenters. The van der Waals surface area contributed by atoms with Gasteiger partial charge in [-0.1, -0.05) is 6.42 Å². The number of pyridine rings is 1. The molecule has 25 heavy (non-hydrogen) atoms. The van der Waals surface area contributed by atoms with Gasteiger partial charge < -0.3 is 15.2 Å². The van der Waals surface area contributed by atoms with Gasteiger partial charge in [-0.2, -0.15) is 5.10 Å². The van der Waals surface area contributed by atoms with Crippen LogP contribution in [0.15, 0.2) is 24.8 Å². The number of aromatic nitrogens is 5. The van der Waals surface area contributed by atoms with Crippen LogP contribution in [0, 0.1) is 0 Å². The summed E-state index contributed by atoms with van der Waals surface area (Å²) in [6.45, 7) is 3.29. The molecule has 0 aromatic carbocycles. The van der Waals surface area contributed by atoms with E-state index in [0.717, 1.165) is 36.2 Å². The van der Waals surface area contributed by atoms with Gasteiger partial charge >= 0.3 is 0 Å². The Balaban J connectivity index is 1.57. The van der Waals surface area contributed by atoms with Crippen molar-refractivity contribution < 1.29 is 0 Å². The Labute approximate surface area is 146 Å². The van der Waals surface area contributed by atoms with Crippen molar-refractivity contribution in [1.82, 2.24) is 30.5 Å². The van der Waals surface area contributed by atoms with Crippen LogP contribution in [-0.2, 0) is 0 Å². The van der Waals surface area contributed by atoms with Gasteiger partial charge in [0.1, 0.15) is 12.0 Å². The van der Waals surface area contributed by atoms with Gasteiger partial charge in [-0.3, -0.25) is 5.10 Å². The monoisotopic (exact) mass is 337 g/mol. The second-order valence-electron chi connectivity index (χ2n) is 7.27. The van der Waals surface area contributed by atoms with E-state index in [1.165, 1.54) is 37.8 Å². The van der Waals surface area contributed by atoms with Crippen molar-refractivity contribution in [2.45, 2.75) is 37.6 Å². The van der Waals surface area contributed by atoms with E-state index in [9.17, 15) is 0 Å². The van der Waals surface area contributed by atoms with Crippen LogP contribution in [0.5, 0.6) is 0 Å². The van der Waals surface area contributed by atoms with E-state index in [4.69, 9.17) is 0 Å². The van der Waals surface area contributed by atoms with Gasteiger partial charge in [0.05, 0.1) is 16.6 Å². The van der Waals surface area contributed by atoms with Crippen LogP contribution >= 0.6 is 0 Å². The number of H-pyrrole nitrogens is 2. The third-order valence-corrected chi connectivity index (χ3v) is 5.71. The van der Waals surface area contributed by atoms with E-state index in [-0.39, 0.29) is 5.54 Å². The molecule has 7 nitrogen and oxygen atoms in total. The lowest BCUT2D eigenvalue weighted by molar-refractivity contribution is 0.216. The number of nitrogens with one attached hydrogen (secondary N) is 3. The van der Waals surface area contributed by atoms with Gasteiger partial charge in [-0.25, -0.2) is 9.97 Å². The summed E-state index contributed by atoms with van der Waals surface area (Å²) in [4.78, 5) is 14.6. The first-order valence-corrected chi connectivity index (χ1v) is 9.17. The highest BCUT2D eigenvalue weighted by molar-refractivity contribution is 6.01. The number of fused-ring (bicyclic) bond motifs is 1. The van der Waals surface area contributed by atoms with Crippen molar-refractivity contribution in [1.29, 1.82) is 0 Å². The van der Waals surface area contributed by atoms with Crippen LogP contribution < -0.4 is 10.2 Å². The van der Waals surface area contributed by atoms with Gasteiger partial charge in [-0.05, 0) is 38.3 Å². The van der Waals surface area contributed by atoms with Gasteiger partial charge in [0.25, 0.3) is 0 Å². The summed E-state index contributed by atoms with van der Waals surface area (Å²) in [7, 11) is 0. The van der Waals surface area contributed by atoms with E-state index in [2.05, 4.69) is 41.4 Å². The lowest BCUT2D eigenvalue weighted by atomic mass is 9.81. The first kappa shape index (κ1) is 14.9. The Bertz CT molecular complexity index is 855. The molecular weight excluding hydrogens is 314 g/mol. The van der Waals surface area contributed by atoms with Crippen LogP contribution in [0.3, 0.4) is 0 Å². The first-order valence-electron chi connectivity index (χ1n) is 9.17. The molecule has 130 valence electrons. The molecule has 3 N–H and O–H groups in total. The minimum atomic E-state index is 0.271. The molecule has 1 spiro atoms. The van der Waals surface area contributed by atoms with Gasteiger partial charge in [0.2, 0.25) is 0 Å². The predicted molar refractivity (Wildman–Crippen MR) is 97.5 cm³/mol. The summed E-state index contributed by atoms with van der Waals surface area (Å²) in [6.07, 6.45) is 11.9. The molecule has 0 saturated carbocycles. The van der Waals surface area contributed by atoms with Crippen molar-refractivity contribution in [3.63, 3.8) is 0 Å². The largest absolute Gasteiger partial charge is 0.369 e. The van der Waals surface area contributed by atoms with Crippen molar-refractivity contribution in [3.05, 3.63) is 24.8 Å². The Morgan fingerprint density at radius 2 is 2.08 bits per heavy atom. The van der Waals surface area contributed by atoms with E-state index < -0.39 is 0 Å². The molecule has 0 amide bonds. The highest BCUT2D eigenvalue weighted by Gasteiger charge is 2.37. The highest BCUT2D eigenvalue weighted by Crippen LogP contribution is 2.37. The van der Waals surface area contributed by atoms with Crippen molar-refractivity contribution in [2.24, 2.45) is 0 Å². The number of hydrogen-bond acceptors (Lipinski definition) is 5.